The fraction of sp³-hybridized carbons (Fsp3) is 0.812. The van der Waals surface area contributed by atoms with E-state index in [9.17, 15) is 0 Å². The summed E-state index contributed by atoms with van der Waals surface area (Å²) < 4.78 is 7.57. The van der Waals surface area contributed by atoms with Crippen LogP contribution in [0.4, 0.5) is 0 Å². The summed E-state index contributed by atoms with van der Waals surface area (Å²) in [6.45, 7) is 8.29. The highest BCUT2D eigenvalue weighted by atomic mass is 16.5. The summed E-state index contributed by atoms with van der Waals surface area (Å²) >= 11 is 0. The predicted molar refractivity (Wildman–Crippen MR) is 83.1 cm³/mol. The molecule has 1 spiro atoms. The zero-order valence-electron chi connectivity index (χ0n) is 13.3. The van der Waals surface area contributed by atoms with Gasteiger partial charge in [-0.3, -0.25) is 4.90 Å². The SMILES string of the molecule is CCn1ccnc1CN(CCOC)C1CC12CCNCC2. The molecule has 1 N–H and O–H groups in total. The fourth-order valence-corrected chi connectivity index (χ4v) is 3.82. The van der Waals surface area contributed by atoms with Crippen LogP contribution in [0.5, 0.6) is 0 Å². The van der Waals surface area contributed by atoms with E-state index in [4.69, 9.17) is 4.74 Å². The van der Waals surface area contributed by atoms with Crippen LogP contribution < -0.4 is 5.32 Å². The van der Waals surface area contributed by atoms with Crippen LogP contribution in [0.15, 0.2) is 12.4 Å². The van der Waals surface area contributed by atoms with Crippen molar-refractivity contribution in [3.05, 3.63) is 18.2 Å². The van der Waals surface area contributed by atoms with Crippen LogP contribution in [0.2, 0.25) is 0 Å². The van der Waals surface area contributed by atoms with E-state index in [0.29, 0.717) is 5.41 Å². The first-order valence-electron chi connectivity index (χ1n) is 8.23. The molecule has 1 aliphatic heterocycles. The van der Waals surface area contributed by atoms with Gasteiger partial charge in [0.2, 0.25) is 0 Å². The van der Waals surface area contributed by atoms with Gasteiger partial charge in [0, 0.05) is 38.6 Å². The van der Waals surface area contributed by atoms with Crippen LogP contribution in [0.25, 0.3) is 0 Å². The van der Waals surface area contributed by atoms with Crippen LogP contribution in [-0.4, -0.2) is 53.8 Å². The molecule has 0 aromatic carbocycles. The molecule has 21 heavy (non-hydrogen) atoms. The minimum absolute atomic E-state index is 0.572. The van der Waals surface area contributed by atoms with Crippen molar-refractivity contribution >= 4 is 0 Å². The molecule has 1 aromatic rings. The highest BCUT2D eigenvalue weighted by molar-refractivity contribution is 5.11. The number of nitrogens with zero attached hydrogens (tertiary/aromatic N) is 3. The van der Waals surface area contributed by atoms with Gasteiger partial charge in [0.05, 0.1) is 13.2 Å². The van der Waals surface area contributed by atoms with Crippen molar-refractivity contribution in [1.82, 2.24) is 19.8 Å². The monoisotopic (exact) mass is 292 g/mol. The number of nitrogens with one attached hydrogen (secondary N) is 1. The van der Waals surface area contributed by atoms with Gasteiger partial charge in [0.15, 0.2) is 0 Å². The van der Waals surface area contributed by atoms with E-state index >= 15 is 0 Å². The van der Waals surface area contributed by atoms with Crippen molar-refractivity contribution in [3.8, 4) is 0 Å². The number of methoxy groups -OCH3 is 1. The summed E-state index contributed by atoms with van der Waals surface area (Å²) in [5, 5.41) is 3.49. The first kappa shape index (κ1) is 15.0. The summed E-state index contributed by atoms with van der Waals surface area (Å²) in [4.78, 5) is 7.15. The molecule has 1 aliphatic carbocycles. The van der Waals surface area contributed by atoms with Crippen LogP contribution in [0.1, 0.15) is 32.0 Å². The van der Waals surface area contributed by atoms with Gasteiger partial charge in [-0.2, -0.15) is 0 Å². The number of rotatable bonds is 7. The standard InChI is InChI=1S/C16H28N4O/c1-3-19-9-8-18-15(19)13-20(10-11-21-2)14-12-16(14)4-6-17-7-5-16/h8-9,14,17H,3-7,10-13H2,1-2H3. The molecule has 1 unspecified atom stereocenters. The van der Waals surface area contributed by atoms with Gasteiger partial charge in [-0.25, -0.2) is 4.98 Å². The Morgan fingerprint density at radius 1 is 1.48 bits per heavy atom. The van der Waals surface area contributed by atoms with Crippen molar-refractivity contribution < 1.29 is 4.74 Å². The lowest BCUT2D eigenvalue weighted by Crippen LogP contribution is -2.37. The Bertz CT molecular complexity index is 453. The first-order valence-corrected chi connectivity index (χ1v) is 8.23. The molecule has 5 nitrogen and oxygen atoms in total. The Hall–Kier alpha value is -0.910. The highest BCUT2D eigenvalue weighted by Gasteiger charge is 2.56. The third kappa shape index (κ3) is 3.15. The quantitative estimate of drug-likeness (QED) is 0.827. The van der Waals surface area contributed by atoms with E-state index in [1.54, 1.807) is 7.11 Å². The van der Waals surface area contributed by atoms with Crippen molar-refractivity contribution in [2.24, 2.45) is 5.41 Å². The molecule has 118 valence electrons. The van der Waals surface area contributed by atoms with E-state index in [2.05, 4.69) is 32.9 Å². The Balaban J connectivity index is 1.67. The molecule has 0 radical (unpaired) electrons. The first-order chi connectivity index (χ1) is 10.3. The van der Waals surface area contributed by atoms with Gasteiger partial charge in [0.25, 0.3) is 0 Å². The summed E-state index contributed by atoms with van der Waals surface area (Å²) in [5.41, 5.74) is 0.572. The predicted octanol–water partition coefficient (Wildman–Crippen LogP) is 1.49. The number of imidazole rings is 1. The maximum absolute atomic E-state index is 5.32. The molecule has 0 amide bonds. The molecule has 2 aliphatic rings. The number of aromatic nitrogens is 2. The van der Waals surface area contributed by atoms with Gasteiger partial charge in [-0.15, -0.1) is 0 Å². The molecule has 1 aromatic heterocycles. The van der Waals surface area contributed by atoms with E-state index in [1.165, 1.54) is 38.2 Å². The Morgan fingerprint density at radius 3 is 3.00 bits per heavy atom. The van der Waals surface area contributed by atoms with Crippen molar-refractivity contribution in [1.29, 1.82) is 0 Å². The lowest BCUT2D eigenvalue weighted by molar-refractivity contribution is 0.121. The molecule has 3 rings (SSSR count). The second kappa shape index (κ2) is 6.46. The smallest absolute Gasteiger partial charge is 0.122 e. The summed E-state index contributed by atoms with van der Waals surface area (Å²) in [5.74, 6) is 1.18. The molecule has 0 bridgehead atoms. The zero-order chi connectivity index (χ0) is 14.7. The average molecular weight is 292 g/mol. The summed E-state index contributed by atoms with van der Waals surface area (Å²) in [7, 11) is 1.79. The Morgan fingerprint density at radius 2 is 2.29 bits per heavy atom. The molecular weight excluding hydrogens is 264 g/mol. The number of aryl methyl sites for hydroxylation is 1. The van der Waals surface area contributed by atoms with Gasteiger partial charge in [-0.1, -0.05) is 0 Å². The van der Waals surface area contributed by atoms with E-state index < -0.39 is 0 Å². The number of ether oxygens (including phenoxy) is 1. The minimum Gasteiger partial charge on any atom is -0.383 e. The topological polar surface area (TPSA) is 42.3 Å². The number of piperidine rings is 1. The third-order valence-electron chi connectivity index (χ3n) is 5.26. The third-order valence-corrected chi connectivity index (χ3v) is 5.26. The molecule has 1 atom stereocenters. The number of hydrogen-bond acceptors (Lipinski definition) is 4. The van der Waals surface area contributed by atoms with E-state index in [0.717, 1.165) is 32.3 Å². The second-order valence-electron chi connectivity index (χ2n) is 6.43. The van der Waals surface area contributed by atoms with Gasteiger partial charge >= 0.3 is 0 Å². The largest absolute Gasteiger partial charge is 0.383 e. The van der Waals surface area contributed by atoms with Crippen molar-refractivity contribution in [3.63, 3.8) is 0 Å². The van der Waals surface area contributed by atoms with E-state index in [-0.39, 0.29) is 0 Å². The van der Waals surface area contributed by atoms with Gasteiger partial charge in [0.1, 0.15) is 5.82 Å². The average Bonchev–Trinajstić information content (AvgIpc) is 3.00. The second-order valence-corrected chi connectivity index (χ2v) is 6.43. The molecule has 1 saturated carbocycles. The maximum Gasteiger partial charge on any atom is 0.122 e. The summed E-state index contributed by atoms with van der Waals surface area (Å²) in [6, 6.07) is 0.719. The summed E-state index contributed by atoms with van der Waals surface area (Å²) in [6.07, 6.45) is 8.00. The molecule has 2 fully saturated rings. The number of hydrogen-bond donors (Lipinski definition) is 1. The molecule has 2 heterocycles. The van der Waals surface area contributed by atoms with Crippen LogP contribution in [-0.2, 0) is 17.8 Å². The highest BCUT2D eigenvalue weighted by Crippen LogP contribution is 2.55. The zero-order valence-corrected chi connectivity index (χ0v) is 13.3. The molecule has 1 saturated heterocycles. The molecule has 5 heteroatoms. The maximum atomic E-state index is 5.32. The fourth-order valence-electron chi connectivity index (χ4n) is 3.82. The van der Waals surface area contributed by atoms with Crippen molar-refractivity contribution in [2.45, 2.75) is 45.3 Å². The van der Waals surface area contributed by atoms with Crippen LogP contribution in [0.3, 0.4) is 0 Å². The van der Waals surface area contributed by atoms with Crippen LogP contribution in [0, 0.1) is 5.41 Å². The lowest BCUT2D eigenvalue weighted by atomic mass is 9.93. The van der Waals surface area contributed by atoms with Gasteiger partial charge < -0.3 is 14.6 Å². The normalized spacial score (nSPS) is 23.9. The Labute approximate surface area is 127 Å². The lowest BCUT2D eigenvalue weighted by Gasteiger charge is -2.29. The Kier molecular flexibility index (Phi) is 4.62. The minimum atomic E-state index is 0.572. The van der Waals surface area contributed by atoms with Crippen LogP contribution >= 0.6 is 0 Å². The van der Waals surface area contributed by atoms with Gasteiger partial charge in [-0.05, 0) is 44.7 Å². The van der Waals surface area contributed by atoms with E-state index in [1.807, 2.05) is 6.20 Å². The van der Waals surface area contributed by atoms with Crippen molar-refractivity contribution in [2.75, 3.05) is 33.4 Å². The molecular formula is C16H28N4O.